The third-order valence-corrected chi connectivity index (χ3v) is 4.12. The van der Waals surface area contributed by atoms with Crippen molar-refractivity contribution in [2.24, 2.45) is 5.92 Å². The Kier molecular flexibility index (Phi) is 7.85. The minimum absolute atomic E-state index is 0.693. The molecule has 0 aromatic heterocycles. The van der Waals surface area contributed by atoms with Gasteiger partial charge < -0.3 is 10.2 Å². The van der Waals surface area contributed by atoms with E-state index in [0.717, 1.165) is 37.4 Å². The van der Waals surface area contributed by atoms with Crippen molar-refractivity contribution < 1.29 is 0 Å². The van der Waals surface area contributed by atoms with Gasteiger partial charge in [-0.2, -0.15) is 5.26 Å². The predicted molar refractivity (Wildman–Crippen MR) is 90.5 cm³/mol. The molecule has 0 amide bonds. The first-order valence-electron chi connectivity index (χ1n) is 8.18. The number of hydrogen-bond acceptors (Lipinski definition) is 3. The Morgan fingerprint density at radius 3 is 2.43 bits per heavy atom. The first kappa shape index (κ1) is 17.5. The van der Waals surface area contributed by atoms with E-state index in [4.69, 9.17) is 0 Å². The number of rotatable bonds is 9. The van der Waals surface area contributed by atoms with Gasteiger partial charge in [0.15, 0.2) is 0 Å². The molecule has 3 nitrogen and oxygen atoms in total. The molecule has 1 N–H and O–H groups in total. The van der Waals surface area contributed by atoms with Gasteiger partial charge in [0, 0.05) is 19.6 Å². The van der Waals surface area contributed by atoms with Gasteiger partial charge in [-0.05, 0) is 37.1 Å². The molecule has 0 bridgehead atoms. The summed E-state index contributed by atoms with van der Waals surface area (Å²) in [7, 11) is 0. The molecule has 0 spiro atoms. The van der Waals surface area contributed by atoms with Crippen LogP contribution in [0, 0.1) is 17.2 Å². The lowest BCUT2D eigenvalue weighted by Gasteiger charge is -2.28. The van der Waals surface area contributed by atoms with E-state index in [-0.39, 0.29) is 0 Å². The summed E-state index contributed by atoms with van der Waals surface area (Å²) in [5, 5.41) is 12.8. The standard InChI is InChI=1S/C18H29N3/c1-5-15(6-2)14-21(8-4)18-10-9-16(13-20-7-3)11-17(18)12-19/h9-11,15,20H,5-8,13-14H2,1-4H3. The molecule has 0 saturated heterocycles. The zero-order valence-electron chi connectivity index (χ0n) is 13.9. The van der Waals surface area contributed by atoms with Gasteiger partial charge in [-0.25, -0.2) is 0 Å². The van der Waals surface area contributed by atoms with Crippen LogP contribution in [0.1, 0.15) is 51.7 Å². The fourth-order valence-corrected chi connectivity index (χ4v) is 2.58. The molecular formula is C18H29N3. The van der Waals surface area contributed by atoms with E-state index in [1.54, 1.807) is 0 Å². The highest BCUT2D eigenvalue weighted by Gasteiger charge is 2.14. The SMILES string of the molecule is CCNCc1ccc(N(CC)CC(CC)CC)c(C#N)c1. The Bertz CT molecular complexity index is 458. The summed E-state index contributed by atoms with van der Waals surface area (Å²) in [6.45, 7) is 12.5. The van der Waals surface area contributed by atoms with E-state index in [0.29, 0.717) is 5.92 Å². The molecule has 1 rings (SSSR count). The molecule has 0 heterocycles. The van der Waals surface area contributed by atoms with Crippen molar-refractivity contribution in [3.05, 3.63) is 29.3 Å². The molecule has 0 radical (unpaired) electrons. The largest absolute Gasteiger partial charge is 0.370 e. The summed E-state index contributed by atoms with van der Waals surface area (Å²) < 4.78 is 0. The molecule has 0 aliphatic carbocycles. The molecule has 0 atom stereocenters. The maximum absolute atomic E-state index is 9.46. The fraction of sp³-hybridized carbons (Fsp3) is 0.611. The van der Waals surface area contributed by atoms with Crippen molar-refractivity contribution in [2.45, 2.75) is 47.1 Å². The highest BCUT2D eigenvalue weighted by molar-refractivity contribution is 5.60. The van der Waals surface area contributed by atoms with Gasteiger partial charge in [0.2, 0.25) is 0 Å². The van der Waals surface area contributed by atoms with Crippen LogP contribution in [0.2, 0.25) is 0 Å². The Balaban J connectivity index is 2.95. The maximum Gasteiger partial charge on any atom is 0.101 e. The normalized spacial score (nSPS) is 10.7. The van der Waals surface area contributed by atoms with Crippen molar-refractivity contribution >= 4 is 5.69 Å². The second-order valence-electron chi connectivity index (χ2n) is 5.46. The molecule has 0 aliphatic rings. The Morgan fingerprint density at radius 1 is 1.19 bits per heavy atom. The molecule has 0 unspecified atom stereocenters. The van der Waals surface area contributed by atoms with E-state index in [2.05, 4.69) is 56.1 Å². The van der Waals surface area contributed by atoms with Crippen molar-refractivity contribution in [1.29, 1.82) is 5.26 Å². The van der Waals surface area contributed by atoms with Crippen LogP contribution in [0.15, 0.2) is 18.2 Å². The van der Waals surface area contributed by atoms with E-state index in [9.17, 15) is 5.26 Å². The minimum Gasteiger partial charge on any atom is -0.370 e. The van der Waals surface area contributed by atoms with Crippen LogP contribution in [-0.4, -0.2) is 19.6 Å². The average molecular weight is 287 g/mol. The van der Waals surface area contributed by atoms with Gasteiger partial charge in [0.05, 0.1) is 11.3 Å². The second-order valence-corrected chi connectivity index (χ2v) is 5.46. The van der Waals surface area contributed by atoms with Crippen LogP contribution < -0.4 is 10.2 Å². The predicted octanol–water partition coefficient (Wildman–Crippen LogP) is 3.93. The first-order valence-corrected chi connectivity index (χ1v) is 8.18. The average Bonchev–Trinajstić information content (AvgIpc) is 2.54. The summed E-state index contributed by atoms with van der Waals surface area (Å²) in [4.78, 5) is 2.34. The number of hydrogen-bond donors (Lipinski definition) is 1. The minimum atomic E-state index is 0.693. The van der Waals surface area contributed by atoms with Crippen LogP contribution in [0.25, 0.3) is 0 Å². The Morgan fingerprint density at radius 2 is 1.90 bits per heavy atom. The van der Waals surface area contributed by atoms with Gasteiger partial charge in [0.25, 0.3) is 0 Å². The van der Waals surface area contributed by atoms with Crippen LogP contribution >= 0.6 is 0 Å². The monoisotopic (exact) mass is 287 g/mol. The molecular weight excluding hydrogens is 258 g/mol. The van der Waals surface area contributed by atoms with Gasteiger partial charge in [-0.1, -0.05) is 39.7 Å². The number of nitrogens with one attached hydrogen (secondary N) is 1. The zero-order chi connectivity index (χ0) is 15.7. The first-order chi connectivity index (χ1) is 10.2. The van der Waals surface area contributed by atoms with Gasteiger partial charge in [-0.3, -0.25) is 0 Å². The summed E-state index contributed by atoms with van der Waals surface area (Å²) >= 11 is 0. The summed E-state index contributed by atoms with van der Waals surface area (Å²) in [6, 6.07) is 8.63. The number of benzene rings is 1. The third-order valence-electron chi connectivity index (χ3n) is 4.12. The lowest BCUT2D eigenvalue weighted by Crippen LogP contribution is -2.29. The fourth-order valence-electron chi connectivity index (χ4n) is 2.58. The van der Waals surface area contributed by atoms with Gasteiger partial charge in [0.1, 0.15) is 6.07 Å². The second kappa shape index (κ2) is 9.41. The van der Waals surface area contributed by atoms with Crippen LogP contribution in [0.4, 0.5) is 5.69 Å². The molecule has 1 aromatic carbocycles. The van der Waals surface area contributed by atoms with Crippen molar-refractivity contribution in [2.75, 3.05) is 24.5 Å². The van der Waals surface area contributed by atoms with E-state index < -0.39 is 0 Å². The quantitative estimate of drug-likeness (QED) is 0.748. The van der Waals surface area contributed by atoms with Gasteiger partial charge >= 0.3 is 0 Å². The third kappa shape index (κ3) is 5.06. The molecule has 3 heteroatoms. The molecule has 116 valence electrons. The molecule has 0 saturated carbocycles. The highest BCUT2D eigenvalue weighted by Crippen LogP contribution is 2.24. The van der Waals surface area contributed by atoms with Gasteiger partial charge in [-0.15, -0.1) is 0 Å². The lowest BCUT2D eigenvalue weighted by molar-refractivity contribution is 0.486. The molecule has 1 aromatic rings. The summed E-state index contributed by atoms with van der Waals surface area (Å²) in [6.07, 6.45) is 2.38. The number of anilines is 1. The smallest absolute Gasteiger partial charge is 0.101 e. The number of nitrogens with zero attached hydrogens (tertiary/aromatic N) is 2. The molecule has 0 aliphatic heterocycles. The van der Waals surface area contributed by atoms with E-state index >= 15 is 0 Å². The molecule has 21 heavy (non-hydrogen) atoms. The van der Waals surface area contributed by atoms with Crippen molar-refractivity contribution in [3.8, 4) is 6.07 Å². The molecule has 0 fully saturated rings. The maximum atomic E-state index is 9.46. The topological polar surface area (TPSA) is 39.1 Å². The van der Waals surface area contributed by atoms with Crippen molar-refractivity contribution in [1.82, 2.24) is 5.32 Å². The summed E-state index contributed by atoms with van der Waals surface area (Å²) in [5.74, 6) is 0.693. The van der Waals surface area contributed by atoms with Crippen LogP contribution in [0.3, 0.4) is 0 Å². The van der Waals surface area contributed by atoms with Crippen molar-refractivity contribution in [3.63, 3.8) is 0 Å². The Hall–Kier alpha value is -1.53. The Labute approximate surface area is 130 Å². The van der Waals surface area contributed by atoms with Crippen LogP contribution in [0.5, 0.6) is 0 Å². The zero-order valence-corrected chi connectivity index (χ0v) is 13.9. The summed E-state index contributed by atoms with van der Waals surface area (Å²) in [5.41, 5.74) is 3.04. The highest BCUT2D eigenvalue weighted by atomic mass is 15.1. The van der Waals surface area contributed by atoms with E-state index in [1.165, 1.54) is 18.4 Å². The van der Waals surface area contributed by atoms with Crippen LogP contribution in [-0.2, 0) is 6.54 Å². The van der Waals surface area contributed by atoms with E-state index in [1.807, 2.05) is 6.07 Å². The lowest BCUT2D eigenvalue weighted by atomic mass is 10.0. The number of nitriles is 1.